The van der Waals surface area contributed by atoms with E-state index in [1.165, 1.54) is 14.2 Å². The Hall–Kier alpha value is -3.02. The molecule has 1 aromatic heterocycles. The Morgan fingerprint density at radius 3 is 2.22 bits per heavy atom. The van der Waals surface area contributed by atoms with Crippen molar-refractivity contribution in [1.29, 1.82) is 0 Å². The molecular formula is C17H16O6. The van der Waals surface area contributed by atoms with Gasteiger partial charge in [-0.3, -0.25) is 0 Å². The first kappa shape index (κ1) is 16.4. The van der Waals surface area contributed by atoms with Crippen LogP contribution in [0.4, 0.5) is 0 Å². The third kappa shape index (κ3) is 3.79. The number of methoxy groups -OCH3 is 3. The van der Waals surface area contributed by atoms with Crippen molar-refractivity contribution in [3.05, 3.63) is 48.2 Å². The minimum absolute atomic E-state index is 0.0147. The average molecular weight is 316 g/mol. The van der Waals surface area contributed by atoms with Gasteiger partial charge >= 0.3 is 11.9 Å². The van der Waals surface area contributed by atoms with E-state index in [1.54, 1.807) is 31.4 Å². The Bertz CT molecular complexity index is 724. The van der Waals surface area contributed by atoms with E-state index in [4.69, 9.17) is 9.15 Å². The van der Waals surface area contributed by atoms with Crippen LogP contribution in [0, 0.1) is 0 Å². The lowest BCUT2D eigenvalue weighted by Crippen LogP contribution is -2.06. The van der Waals surface area contributed by atoms with Crippen LogP contribution in [0.3, 0.4) is 0 Å². The highest BCUT2D eigenvalue weighted by atomic mass is 16.5. The van der Waals surface area contributed by atoms with Crippen LogP contribution >= 0.6 is 0 Å². The molecule has 0 saturated heterocycles. The molecule has 0 aliphatic rings. The van der Waals surface area contributed by atoms with E-state index in [-0.39, 0.29) is 11.3 Å². The molecule has 0 spiro atoms. The van der Waals surface area contributed by atoms with E-state index in [0.29, 0.717) is 5.76 Å². The summed E-state index contributed by atoms with van der Waals surface area (Å²) in [5, 5.41) is 0. The van der Waals surface area contributed by atoms with E-state index < -0.39 is 11.9 Å². The molecule has 0 aliphatic heterocycles. The molecule has 1 aromatic carbocycles. The molecule has 2 rings (SSSR count). The molecule has 0 fully saturated rings. The fourth-order valence-corrected chi connectivity index (χ4v) is 1.91. The van der Waals surface area contributed by atoms with Crippen LogP contribution in [0.25, 0.3) is 16.9 Å². The number of carbonyl (C=O) groups is 2. The van der Waals surface area contributed by atoms with E-state index in [2.05, 4.69) is 9.47 Å². The van der Waals surface area contributed by atoms with Crippen LogP contribution in [0.2, 0.25) is 0 Å². The van der Waals surface area contributed by atoms with Crippen molar-refractivity contribution in [1.82, 2.24) is 0 Å². The second-order valence-corrected chi connectivity index (χ2v) is 4.47. The van der Waals surface area contributed by atoms with Gasteiger partial charge in [0, 0.05) is 11.6 Å². The number of carbonyl (C=O) groups excluding carboxylic acids is 2. The second kappa shape index (κ2) is 7.31. The fourth-order valence-electron chi connectivity index (χ4n) is 1.91. The summed E-state index contributed by atoms with van der Waals surface area (Å²) in [6.07, 6.45) is 1.03. The van der Waals surface area contributed by atoms with Gasteiger partial charge in [0.25, 0.3) is 0 Å². The van der Waals surface area contributed by atoms with Crippen LogP contribution in [0.1, 0.15) is 5.76 Å². The van der Waals surface area contributed by atoms with Crippen LogP contribution in [0.15, 0.2) is 46.9 Å². The van der Waals surface area contributed by atoms with Crippen LogP contribution < -0.4 is 4.74 Å². The van der Waals surface area contributed by atoms with E-state index in [0.717, 1.165) is 17.4 Å². The maximum absolute atomic E-state index is 11.8. The quantitative estimate of drug-likeness (QED) is 0.623. The summed E-state index contributed by atoms with van der Waals surface area (Å²) in [4.78, 5) is 23.2. The van der Waals surface area contributed by atoms with Gasteiger partial charge in [0.2, 0.25) is 0 Å². The van der Waals surface area contributed by atoms with Gasteiger partial charge in [-0.2, -0.15) is 0 Å². The molecule has 0 N–H and O–H groups in total. The third-order valence-electron chi connectivity index (χ3n) is 3.11. The Morgan fingerprint density at radius 1 is 0.957 bits per heavy atom. The molecule has 120 valence electrons. The molecule has 0 amide bonds. The van der Waals surface area contributed by atoms with Crippen LogP contribution in [-0.4, -0.2) is 33.3 Å². The number of rotatable bonds is 5. The first-order chi connectivity index (χ1) is 11.1. The number of esters is 2. The summed E-state index contributed by atoms with van der Waals surface area (Å²) in [5.41, 5.74) is 0.790. The monoisotopic (exact) mass is 316 g/mol. The largest absolute Gasteiger partial charge is 0.497 e. The smallest absolute Gasteiger partial charge is 0.341 e. The Kier molecular flexibility index (Phi) is 5.19. The van der Waals surface area contributed by atoms with Gasteiger partial charge in [0.05, 0.1) is 21.3 Å². The average Bonchev–Trinajstić information content (AvgIpc) is 3.08. The zero-order valence-corrected chi connectivity index (χ0v) is 13.0. The van der Waals surface area contributed by atoms with E-state index in [9.17, 15) is 9.59 Å². The number of furan rings is 1. The zero-order chi connectivity index (χ0) is 16.8. The predicted molar refractivity (Wildman–Crippen MR) is 82.7 cm³/mol. The molecule has 6 nitrogen and oxygen atoms in total. The number of benzene rings is 1. The highest BCUT2D eigenvalue weighted by Gasteiger charge is 2.19. The number of hydrogen-bond donors (Lipinski definition) is 0. The van der Waals surface area contributed by atoms with Crippen molar-refractivity contribution in [2.45, 2.75) is 0 Å². The molecular weight excluding hydrogens is 300 g/mol. The summed E-state index contributed by atoms with van der Waals surface area (Å²) in [7, 11) is 4.03. The molecule has 1 heterocycles. The van der Waals surface area contributed by atoms with Gasteiger partial charge in [-0.1, -0.05) is 0 Å². The van der Waals surface area contributed by atoms with Crippen LogP contribution in [0.5, 0.6) is 5.75 Å². The zero-order valence-electron chi connectivity index (χ0n) is 13.0. The molecule has 0 saturated carbocycles. The molecule has 0 bridgehead atoms. The van der Waals surface area contributed by atoms with Gasteiger partial charge in [0.1, 0.15) is 22.8 Å². The molecule has 0 aliphatic carbocycles. The Balaban J connectivity index is 2.36. The van der Waals surface area contributed by atoms with Gasteiger partial charge in [0.15, 0.2) is 0 Å². The molecule has 0 atom stereocenters. The van der Waals surface area contributed by atoms with Crippen LogP contribution in [-0.2, 0) is 19.1 Å². The Labute approximate surface area is 133 Å². The summed E-state index contributed by atoms with van der Waals surface area (Å²) >= 11 is 0. The van der Waals surface area contributed by atoms with Crippen molar-refractivity contribution in [2.24, 2.45) is 0 Å². The third-order valence-corrected chi connectivity index (χ3v) is 3.11. The summed E-state index contributed by atoms with van der Waals surface area (Å²) in [6, 6.07) is 10.5. The van der Waals surface area contributed by atoms with Crippen molar-refractivity contribution < 1.29 is 28.2 Å². The van der Waals surface area contributed by atoms with E-state index in [1.807, 2.05) is 12.1 Å². The van der Waals surface area contributed by atoms with Gasteiger partial charge in [-0.05, 0) is 36.4 Å². The normalized spacial score (nSPS) is 11.0. The van der Waals surface area contributed by atoms with Crippen molar-refractivity contribution in [3.8, 4) is 17.1 Å². The first-order valence-electron chi connectivity index (χ1n) is 6.71. The molecule has 0 unspecified atom stereocenters. The minimum Gasteiger partial charge on any atom is -0.497 e. The standard InChI is InChI=1S/C17H16O6/c1-20-12-6-4-11(5-7-12)14-8-9-15(23-14)13(17(19)22-3)10-16(18)21-2/h4-10H,1-3H3. The SMILES string of the molecule is COC(=O)C=C(C(=O)OC)c1ccc(-c2ccc(OC)cc2)o1. The molecule has 2 aromatic rings. The molecule has 6 heteroatoms. The molecule has 23 heavy (non-hydrogen) atoms. The summed E-state index contributed by atoms with van der Waals surface area (Å²) < 4.78 is 20.0. The maximum Gasteiger partial charge on any atom is 0.341 e. The topological polar surface area (TPSA) is 75.0 Å². The lowest BCUT2D eigenvalue weighted by atomic mass is 10.1. The van der Waals surface area contributed by atoms with E-state index >= 15 is 0 Å². The number of hydrogen-bond acceptors (Lipinski definition) is 6. The lowest BCUT2D eigenvalue weighted by Gasteiger charge is -2.03. The van der Waals surface area contributed by atoms with Gasteiger partial charge < -0.3 is 18.6 Å². The van der Waals surface area contributed by atoms with Crippen molar-refractivity contribution in [3.63, 3.8) is 0 Å². The maximum atomic E-state index is 11.8. The van der Waals surface area contributed by atoms with Crippen molar-refractivity contribution >= 4 is 17.5 Å². The Morgan fingerprint density at radius 2 is 1.65 bits per heavy atom. The van der Waals surface area contributed by atoms with Crippen molar-refractivity contribution in [2.75, 3.05) is 21.3 Å². The van der Waals surface area contributed by atoms with Gasteiger partial charge in [-0.15, -0.1) is 0 Å². The highest BCUT2D eigenvalue weighted by molar-refractivity contribution is 6.19. The summed E-state index contributed by atoms with van der Waals surface area (Å²) in [6.45, 7) is 0. The minimum atomic E-state index is -0.689. The lowest BCUT2D eigenvalue weighted by molar-refractivity contribution is -0.136. The second-order valence-electron chi connectivity index (χ2n) is 4.47. The number of ether oxygens (including phenoxy) is 3. The summed E-state index contributed by atoms with van der Waals surface area (Å²) in [5.74, 6) is 0.121. The van der Waals surface area contributed by atoms with Gasteiger partial charge in [-0.25, -0.2) is 9.59 Å². The fraction of sp³-hybridized carbons (Fsp3) is 0.176. The molecule has 0 radical (unpaired) electrons. The predicted octanol–water partition coefficient (Wildman–Crippen LogP) is 2.68. The first-order valence-corrected chi connectivity index (χ1v) is 6.71. The highest BCUT2D eigenvalue weighted by Crippen LogP contribution is 2.28.